The highest BCUT2D eigenvalue weighted by atomic mass is 19.2. The number of nitrogens with one attached hydrogen (secondary N) is 1. The van der Waals surface area contributed by atoms with Crippen molar-refractivity contribution in [1.29, 1.82) is 5.26 Å². The van der Waals surface area contributed by atoms with Crippen molar-refractivity contribution in [3.05, 3.63) is 47.7 Å². The molecule has 0 aliphatic carbocycles. The molecule has 0 aliphatic rings. The molecule has 0 aliphatic heterocycles. The van der Waals surface area contributed by atoms with Gasteiger partial charge in [-0.15, -0.1) is 0 Å². The first-order valence-electron chi connectivity index (χ1n) is 5.38. The zero-order valence-electron chi connectivity index (χ0n) is 9.48. The lowest BCUT2D eigenvalue weighted by Gasteiger charge is -1.94. The van der Waals surface area contributed by atoms with Gasteiger partial charge in [0.1, 0.15) is 11.8 Å². The van der Waals surface area contributed by atoms with Crippen LogP contribution in [0.15, 0.2) is 30.5 Å². The van der Waals surface area contributed by atoms with E-state index in [9.17, 15) is 8.78 Å². The highest BCUT2D eigenvalue weighted by Crippen LogP contribution is 2.21. The van der Waals surface area contributed by atoms with Crippen LogP contribution in [0.3, 0.4) is 0 Å². The second kappa shape index (κ2) is 4.14. The molecule has 0 atom stereocenters. The molecule has 92 valence electrons. The first-order chi connectivity index (χ1) is 9.17. The third-order valence-corrected chi connectivity index (χ3v) is 2.66. The molecule has 0 unspecified atom stereocenters. The van der Waals surface area contributed by atoms with E-state index in [0.717, 1.165) is 12.1 Å². The van der Waals surface area contributed by atoms with E-state index in [2.05, 4.69) is 15.0 Å². The van der Waals surface area contributed by atoms with Crippen molar-refractivity contribution in [2.45, 2.75) is 0 Å². The minimum atomic E-state index is -0.946. The summed E-state index contributed by atoms with van der Waals surface area (Å²) >= 11 is 0. The fourth-order valence-electron chi connectivity index (χ4n) is 1.73. The van der Waals surface area contributed by atoms with Crippen LogP contribution in [0.25, 0.3) is 22.6 Å². The van der Waals surface area contributed by atoms with Crippen molar-refractivity contribution in [2.75, 3.05) is 0 Å². The van der Waals surface area contributed by atoms with E-state index in [0.29, 0.717) is 28.1 Å². The molecule has 0 spiro atoms. The highest BCUT2D eigenvalue weighted by molar-refractivity contribution is 5.78. The fourth-order valence-corrected chi connectivity index (χ4v) is 1.73. The smallest absolute Gasteiger partial charge is 0.161 e. The van der Waals surface area contributed by atoms with Crippen molar-refractivity contribution < 1.29 is 8.78 Å². The summed E-state index contributed by atoms with van der Waals surface area (Å²) in [7, 11) is 0. The van der Waals surface area contributed by atoms with Crippen LogP contribution in [-0.4, -0.2) is 15.0 Å². The number of rotatable bonds is 1. The Morgan fingerprint density at radius 1 is 1.16 bits per heavy atom. The van der Waals surface area contributed by atoms with Gasteiger partial charge in [0.15, 0.2) is 17.5 Å². The van der Waals surface area contributed by atoms with Crippen LogP contribution in [-0.2, 0) is 0 Å². The number of H-pyrrole nitrogens is 1. The number of halogens is 2. The van der Waals surface area contributed by atoms with Gasteiger partial charge < -0.3 is 4.98 Å². The molecule has 2 heterocycles. The number of benzene rings is 1. The summed E-state index contributed by atoms with van der Waals surface area (Å²) in [5, 5.41) is 8.68. The minimum Gasteiger partial charge on any atom is -0.337 e. The van der Waals surface area contributed by atoms with Crippen molar-refractivity contribution >= 4 is 11.0 Å². The number of pyridine rings is 1. The van der Waals surface area contributed by atoms with E-state index in [1.54, 1.807) is 12.1 Å². The maximum Gasteiger partial charge on any atom is 0.161 e. The molecule has 0 amide bonds. The Bertz CT molecular complexity index is 761. The van der Waals surface area contributed by atoms with Crippen molar-refractivity contribution in [3.63, 3.8) is 0 Å². The number of fused-ring (bicyclic) bond motifs is 1. The lowest BCUT2D eigenvalue weighted by Crippen LogP contribution is -1.86. The summed E-state index contributed by atoms with van der Waals surface area (Å²) < 4.78 is 26.2. The molecule has 4 nitrogen and oxygen atoms in total. The lowest BCUT2D eigenvalue weighted by molar-refractivity contribution is 0.510. The molecule has 1 N–H and O–H groups in total. The molecule has 6 heteroatoms. The molecular weight excluding hydrogens is 250 g/mol. The van der Waals surface area contributed by atoms with E-state index in [1.165, 1.54) is 6.20 Å². The van der Waals surface area contributed by atoms with Gasteiger partial charge in [-0.3, -0.25) is 4.98 Å². The summed E-state index contributed by atoms with van der Waals surface area (Å²) in [5.41, 5.74) is 1.63. The van der Waals surface area contributed by atoms with Gasteiger partial charge in [0, 0.05) is 18.3 Å². The Hall–Kier alpha value is -2.81. The highest BCUT2D eigenvalue weighted by Gasteiger charge is 2.10. The molecule has 0 saturated heterocycles. The Kier molecular flexibility index (Phi) is 2.46. The molecule has 1 aromatic carbocycles. The van der Waals surface area contributed by atoms with Crippen molar-refractivity contribution in [2.24, 2.45) is 0 Å². The normalized spacial score (nSPS) is 10.6. The van der Waals surface area contributed by atoms with Gasteiger partial charge in [-0.2, -0.15) is 5.26 Å². The Labute approximate surface area is 106 Å². The van der Waals surface area contributed by atoms with Crippen LogP contribution in [0, 0.1) is 23.0 Å². The molecule has 3 rings (SSSR count). The van der Waals surface area contributed by atoms with Crippen LogP contribution in [0.5, 0.6) is 0 Å². The van der Waals surface area contributed by atoms with Gasteiger partial charge in [0.2, 0.25) is 0 Å². The van der Waals surface area contributed by atoms with Crippen LogP contribution < -0.4 is 0 Å². The first-order valence-corrected chi connectivity index (χ1v) is 5.38. The predicted molar refractivity (Wildman–Crippen MR) is 64.0 cm³/mol. The Balaban J connectivity index is 2.12. The second-order valence-electron chi connectivity index (χ2n) is 3.91. The minimum absolute atomic E-state index is 0.319. The number of nitriles is 1. The molecule has 19 heavy (non-hydrogen) atoms. The van der Waals surface area contributed by atoms with Crippen LogP contribution in [0.2, 0.25) is 0 Å². The summed E-state index contributed by atoms with van der Waals surface area (Å²) in [6.07, 6.45) is 1.41. The average molecular weight is 256 g/mol. The number of nitrogens with zero attached hydrogens (tertiary/aromatic N) is 3. The van der Waals surface area contributed by atoms with Crippen LogP contribution in [0.1, 0.15) is 5.56 Å². The summed E-state index contributed by atoms with van der Waals surface area (Å²) in [4.78, 5) is 11.0. The number of hydrogen-bond acceptors (Lipinski definition) is 3. The van der Waals surface area contributed by atoms with E-state index in [4.69, 9.17) is 5.26 Å². The largest absolute Gasteiger partial charge is 0.337 e. The number of imidazole rings is 1. The van der Waals surface area contributed by atoms with Crippen LogP contribution >= 0.6 is 0 Å². The quantitative estimate of drug-likeness (QED) is 0.728. The maximum atomic E-state index is 13.1. The van der Waals surface area contributed by atoms with Gasteiger partial charge in [0.25, 0.3) is 0 Å². The van der Waals surface area contributed by atoms with E-state index in [1.807, 2.05) is 6.07 Å². The Morgan fingerprint density at radius 3 is 2.63 bits per heavy atom. The summed E-state index contributed by atoms with van der Waals surface area (Å²) in [6, 6.07) is 7.23. The van der Waals surface area contributed by atoms with E-state index in [-0.39, 0.29) is 0 Å². The molecule has 0 radical (unpaired) electrons. The Morgan fingerprint density at radius 2 is 1.95 bits per heavy atom. The number of hydrogen-bond donors (Lipinski definition) is 1. The summed E-state index contributed by atoms with van der Waals surface area (Å²) in [6.45, 7) is 0. The molecule has 0 bridgehead atoms. The SMILES string of the molecule is N#Cc1ccc(-c2nc3cc(F)c(F)cc3[nH]2)nc1. The predicted octanol–water partition coefficient (Wildman–Crippen LogP) is 2.77. The topological polar surface area (TPSA) is 65.4 Å². The van der Waals surface area contributed by atoms with Gasteiger partial charge in [-0.25, -0.2) is 13.8 Å². The zero-order chi connectivity index (χ0) is 13.4. The third-order valence-electron chi connectivity index (χ3n) is 2.66. The number of aromatic amines is 1. The first kappa shape index (κ1) is 11.3. The maximum absolute atomic E-state index is 13.1. The van der Waals surface area contributed by atoms with E-state index >= 15 is 0 Å². The molecule has 0 fully saturated rings. The van der Waals surface area contributed by atoms with Gasteiger partial charge in [0.05, 0.1) is 16.6 Å². The van der Waals surface area contributed by atoms with Gasteiger partial charge in [-0.1, -0.05) is 0 Å². The van der Waals surface area contributed by atoms with Gasteiger partial charge in [-0.05, 0) is 12.1 Å². The molecule has 0 saturated carbocycles. The van der Waals surface area contributed by atoms with Gasteiger partial charge >= 0.3 is 0 Å². The zero-order valence-corrected chi connectivity index (χ0v) is 9.48. The second-order valence-corrected chi connectivity index (χ2v) is 3.91. The van der Waals surface area contributed by atoms with Crippen LogP contribution in [0.4, 0.5) is 8.78 Å². The number of aromatic nitrogens is 3. The third kappa shape index (κ3) is 1.91. The molecule has 2 aromatic heterocycles. The van der Waals surface area contributed by atoms with Crippen molar-refractivity contribution in [3.8, 4) is 17.6 Å². The lowest BCUT2D eigenvalue weighted by atomic mass is 10.2. The fraction of sp³-hybridized carbons (Fsp3) is 0. The molecule has 3 aromatic rings. The van der Waals surface area contributed by atoms with Crippen molar-refractivity contribution in [1.82, 2.24) is 15.0 Å². The monoisotopic (exact) mass is 256 g/mol. The standard InChI is InChI=1S/C13H6F2N4/c14-8-3-11-12(4-9(8)15)19-13(18-11)10-2-1-7(5-16)6-17-10/h1-4,6H,(H,18,19). The molecular formula is C13H6F2N4. The average Bonchev–Trinajstić information content (AvgIpc) is 2.82. The summed E-state index contributed by atoms with van der Waals surface area (Å²) in [5.74, 6) is -1.49. The van der Waals surface area contributed by atoms with E-state index < -0.39 is 11.6 Å².